The van der Waals surface area contributed by atoms with E-state index in [1.807, 2.05) is 0 Å². The van der Waals surface area contributed by atoms with Gasteiger partial charge in [-0.15, -0.1) is 0 Å². The SMILES string of the molecule is NC(O)c1cc(F)cc2c1C(=O)N(CCCN1CCOCC1)C2. The van der Waals surface area contributed by atoms with Crippen molar-refractivity contribution in [2.45, 2.75) is 19.2 Å². The third-order valence-electron chi connectivity index (χ3n) is 4.40. The van der Waals surface area contributed by atoms with Crippen LogP contribution in [0.2, 0.25) is 0 Å². The van der Waals surface area contributed by atoms with Crippen LogP contribution in [0.1, 0.15) is 34.1 Å². The number of hydrogen-bond acceptors (Lipinski definition) is 5. The van der Waals surface area contributed by atoms with Crippen LogP contribution in [-0.4, -0.2) is 60.2 Å². The van der Waals surface area contributed by atoms with Crippen molar-refractivity contribution in [1.82, 2.24) is 9.80 Å². The number of carbonyl (C=O) groups is 1. The molecule has 2 heterocycles. The number of hydrogen-bond donors (Lipinski definition) is 2. The maximum absolute atomic E-state index is 13.6. The van der Waals surface area contributed by atoms with Crippen LogP contribution in [0.5, 0.6) is 0 Å². The van der Waals surface area contributed by atoms with Gasteiger partial charge in [0.25, 0.3) is 5.91 Å². The van der Waals surface area contributed by atoms with Crippen molar-refractivity contribution in [2.75, 3.05) is 39.4 Å². The molecule has 3 N–H and O–H groups in total. The molecule has 0 bridgehead atoms. The van der Waals surface area contributed by atoms with Crippen LogP contribution < -0.4 is 5.73 Å². The van der Waals surface area contributed by atoms with Gasteiger partial charge >= 0.3 is 0 Å². The van der Waals surface area contributed by atoms with Crippen molar-refractivity contribution < 1.29 is 19.0 Å². The zero-order chi connectivity index (χ0) is 16.4. The lowest BCUT2D eigenvalue weighted by molar-refractivity contribution is 0.0358. The number of nitrogens with two attached hydrogens (primary N) is 1. The van der Waals surface area contributed by atoms with Crippen LogP contribution in [0.3, 0.4) is 0 Å². The fourth-order valence-electron chi connectivity index (χ4n) is 3.23. The molecule has 1 unspecified atom stereocenters. The first-order valence-corrected chi connectivity index (χ1v) is 7.91. The minimum absolute atomic E-state index is 0.167. The standard InChI is InChI=1S/C16H22FN3O3/c17-12-8-11-10-20(3-1-2-19-4-6-23-7-5-19)16(22)14(11)13(9-12)15(18)21/h8-9,15,21H,1-7,10,18H2. The number of nitrogens with zero attached hydrogens (tertiary/aromatic N) is 2. The molecular weight excluding hydrogens is 301 g/mol. The second-order valence-electron chi connectivity index (χ2n) is 6.01. The van der Waals surface area contributed by atoms with Crippen molar-refractivity contribution in [3.8, 4) is 0 Å². The lowest BCUT2D eigenvalue weighted by Gasteiger charge is -2.27. The first-order chi connectivity index (χ1) is 11.1. The number of ether oxygens (including phenoxy) is 1. The molecular formula is C16H22FN3O3. The molecule has 1 aromatic carbocycles. The Morgan fingerprint density at radius 2 is 2.04 bits per heavy atom. The summed E-state index contributed by atoms with van der Waals surface area (Å²) < 4.78 is 18.9. The number of morpholine rings is 1. The molecule has 0 aliphatic carbocycles. The number of rotatable bonds is 5. The van der Waals surface area contributed by atoms with E-state index in [2.05, 4.69) is 4.90 Å². The third-order valence-corrected chi connectivity index (χ3v) is 4.40. The second-order valence-corrected chi connectivity index (χ2v) is 6.01. The van der Waals surface area contributed by atoms with Crippen LogP contribution >= 0.6 is 0 Å². The highest BCUT2D eigenvalue weighted by Gasteiger charge is 2.31. The Kier molecular flexibility index (Phi) is 4.91. The van der Waals surface area contributed by atoms with Gasteiger partial charge in [-0.3, -0.25) is 9.69 Å². The van der Waals surface area contributed by atoms with Crippen LogP contribution in [0.15, 0.2) is 12.1 Å². The minimum Gasteiger partial charge on any atom is -0.379 e. The van der Waals surface area contributed by atoms with Gasteiger partial charge in [0.15, 0.2) is 0 Å². The summed E-state index contributed by atoms with van der Waals surface area (Å²) in [4.78, 5) is 16.5. The molecule has 1 amide bonds. The summed E-state index contributed by atoms with van der Waals surface area (Å²) >= 11 is 0. The number of carbonyl (C=O) groups excluding carboxylic acids is 1. The van der Waals surface area contributed by atoms with Gasteiger partial charge in [-0.25, -0.2) is 4.39 Å². The van der Waals surface area contributed by atoms with Crippen molar-refractivity contribution >= 4 is 5.91 Å². The minimum atomic E-state index is -1.35. The van der Waals surface area contributed by atoms with Crippen molar-refractivity contribution in [3.05, 3.63) is 34.6 Å². The molecule has 2 aliphatic rings. The summed E-state index contributed by atoms with van der Waals surface area (Å²) in [6.07, 6.45) is -0.500. The molecule has 0 radical (unpaired) electrons. The second kappa shape index (κ2) is 6.92. The maximum atomic E-state index is 13.6. The Morgan fingerprint density at radius 3 is 2.74 bits per heavy atom. The van der Waals surface area contributed by atoms with Gasteiger partial charge in [0.05, 0.1) is 18.8 Å². The Hall–Kier alpha value is -1.54. The molecule has 3 rings (SSSR count). The van der Waals surface area contributed by atoms with E-state index < -0.39 is 12.0 Å². The van der Waals surface area contributed by atoms with E-state index in [9.17, 15) is 14.3 Å². The average Bonchev–Trinajstić information content (AvgIpc) is 2.83. The Bertz CT molecular complexity index is 588. The van der Waals surface area contributed by atoms with E-state index in [4.69, 9.17) is 10.5 Å². The average molecular weight is 323 g/mol. The van der Waals surface area contributed by atoms with Crippen LogP contribution in [0.4, 0.5) is 4.39 Å². The quantitative estimate of drug-likeness (QED) is 0.770. The van der Waals surface area contributed by atoms with Gasteiger partial charge in [-0.1, -0.05) is 0 Å². The molecule has 1 fully saturated rings. The van der Waals surface area contributed by atoms with Gasteiger partial charge in [-0.2, -0.15) is 0 Å². The highest BCUT2D eigenvalue weighted by molar-refractivity contribution is 5.99. The number of amides is 1. The van der Waals surface area contributed by atoms with E-state index in [1.54, 1.807) is 4.90 Å². The molecule has 126 valence electrons. The summed E-state index contributed by atoms with van der Waals surface area (Å²) in [6.45, 7) is 5.23. The Morgan fingerprint density at radius 1 is 1.30 bits per heavy atom. The smallest absolute Gasteiger partial charge is 0.254 e. The van der Waals surface area contributed by atoms with Crippen molar-refractivity contribution in [3.63, 3.8) is 0 Å². The summed E-state index contributed by atoms with van der Waals surface area (Å²) in [7, 11) is 0. The zero-order valence-corrected chi connectivity index (χ0v) is 13.0. The van der Waals surface area contributed by atoms with Crippen LogP contribution in [-0.2, 0) is 11.3 Å². The lowest BCUT2D eigenvalue weighted by Crippen LogP contribution is -2.38. The predicted octanol–water partition coefficient (Wildman–Crippen LogP) is 0.453. The van der Waals surface area contributed by atoms with Gasteiger partial charge < -0.3 is 20.5 Å². The zero-order valence-electron chi connectivity index (χ0n) is 13.0. The Labute approximate surface area is 134 Å². The molecule has 0 spiro atoms. The van der Waals surface area contributed by atoms with Gasteiger partial charge in [-0.05, 0) is 24.1 Å². The van der Waals surface area contributed by atoms with Gasteiger partial charge in [0, 0.05) is 38.3 Å². The number of benzene rings is 1. The summed E-state index contributed by atoms with van der Waals surface area (Å²) in [5, 5.41) is 9.58. The number of fused-ring (bicyclic) bond motifs is 1. The van der Waals surface area contributed by atoms with Crippen molar-refractivity contribution in [2.24, 2.45) is 5.73 Å². The highest BCUT2D eigenvalue weighted by Crippen LogP contribution is 2.29. The maximum Gasteiger partial charge on any atom is 0.254 e. The molecule has 1 atom stereocenters. The normalized spacial score (nSPS) is 20.0. The molecule has 2 aliphatic heterocycles. The summed E-state index contributed by atoms with van der Waals surface area (Å²) in [5.41, 5.74) is 6.58. The van der Waals surface area contributed by atoms with Gasteiger partial charge in [0.1, 0.15) is 12.0 Å². The van der Waals surface area contributed by atoms with Crippen LogP contribution in [0.25, 0.3) is 0 Å². The van der Waals surface area contributed by atoms with E-state index in [0.717, 1.165) is 45.3 Å². The lowest BCUT2D eigenvalue weighted by atomic mass is 10.0. The molecule has 1 saturated heterocycles. The predicted molar refractivity (Wildman–Crippen MR) is 82.2 cm³/mol. The van der Waals surface area contributed by atoms with Crippen molar-refractivity contribution in [1.29, 1.82) is 0 Å². The molecule has 23 heavy (non-hydrogen) atoms. The first kappa shape index (κ1) is 16.3. The topological polar surface area (TPSA) is 79.0 Å². The fraction of sp³-hybridized carbons (Fsp3) is 0.562. The van der Waals surface area contributed by atoms with E-state index in [-0.39, 0.29) is 11.5 Å². The number of halogens is 1. The largest absolute Gasteiger partial charge is 0.379 e. The third kappa shape index (κ3) is 3.53. The number of aliphatic hydroxyl groups excluding tert-OH is 1. The molecule has 7 heteroatoms. The van der Waals surface area contributed by atoms with E-state index >= 15 is 0 Å². The first-order valence-electron chi connectivity index (χ1n) is 7.91. The molecule has 0 aromatic heterocycles. The van der Waals surface area contributed by atoms with Crippen LogP contribution in [0, 0.1) is 5.82 Å². The van der Waals surface area contributed by atoms with Gasteiger partial charge in [0.2, 0.25) is 0 Å². The highest BCUT2D eigenvalue weighted by atomic mass is 19.1. The molecule has 1 aromatic rings. The van der Waals surface area contributed by atoms with E-state index in [1.165, 1.54) is 6.07 Å². The summed E-state index contributed by atoms with van der Waals surface area (Å²) in [6, 6.07) is 2.49. The molecule has 0 saturated carbocycles. The number of aliphatic hydroxyl groups is 1. The Balaban J connectivity index is 1.63. The molecule has 6 nitrogen and oxygen atoms in total. The monoisotopic (exact) mass is 323 g/mol. The van der Waals surface area contributed by atoms with E-state index in [0.29, 0.717) is 24.2 Å². The summed E-state index contributed by atoms with van der Waals surface area (Å²) in [5.74, 6) is -0.660. The fourth-order valence-corrected chi connectivity index (χ4v) is 3.23.